The SMILES string of the molecule is CC1=C=C/C=C(/C)C/C=C\1. The minimum Gasteiger partial charge on any atom is -0.118 e. The summed E-state index contributed by atoms with van der Waals surface area (Å²) in [5.41, 5.74) is 5.73. The molecule has 0 aromatic carbocycles. The Morgan fingerprint density at radius 1 is 1.40 bits per heavy atom. The Morgan fingerprint density at radius 3 is 3.00 bits per heavy atom. The van der Waals surface area contributed by atoms with Gasteiger partial charge < -0.3 is 0 Å². The van der Waals surface area contributed by atoms with E-state index < -0.39 is 0 Å². The minimum absolute atomic E-state index is 1.06. The predicted molar refractivity (Wildman–Crippen MR) is 44.8 cm³/mol. The van der Waals surface area contributed by atoms with E-state index in [2.05, 4.69) is 37.8 Å². The maximum atomic E-state index is 3.14. The molecule has 0 radical (unpaired) electrons. The van der Waals surface area contributed by atoms with E-state index in [-0.39, 0.29) is 0 Å². The standard InChI is InChI=1S/C10H12/c1-9-5-3-7-10(2)8-4-6-9/h3-5,8H,6H2,1-2H3/b8-4-,9-5-. The molecule has 0 heterocycles. The van der Waals surface area contributed by atoms with Crippen LogP contribution in [0, 0.1) is 0 Å². The van der Waals surface area contributed by atoms with E-state index in [1.807, 2.05) is 6.08 Å². The predicted octanol–water partition coefficient (Wildman–Crippen LogP) is 2.99. The van der Waals surface area contributed by atoms with Gasteiger partial charge in [0.25, 0.3) is 0 Å². The molecular formula is C10H12. The molecule has 0 heteroatoms. The molecule has 0 bridgehead atoms. The van der Waals surface area contributed by atoms with Crippen LogP contribution < -0.4 is 0 Å². The lowest BCUT2D eigenvalue weighted by atomic mass is 10.1. The van der Waals surface area contributed by atoms with Gasteiger partial charge in [-0.25, -0.2) is 0 Å². The van der Waals surface area contributed by atoms with Crippen molar-refractivity contribution in [3.05, 3.63) is 41.2 Å². The molecule has 0 saturated carbocycles. The van der Waals surface area contributed by atoms with Gasteiger partial charge in [0, 0.05) is 0 Å². The molecule has 0 N–H and O–H groups in total. The highest BCUT2D eigenvalue weighted by Gasteiger charge is 1.85. The van der Waals surface area contributed by atoms with Gasteiger partial charge in [-0.2, -0.15) is 0 Å². The summed E-state index contributed by atoms with van der Waals surface area (Å²) in [5, 5.41) is 0. The van der Waals surface area contributed by atoms with Crippen LogP contribution in [0.2, 0.25) is 0 Å². The zero-order valence-corrected chi connectivity index (χ0v) is 6.52. The van der Waals surface area contributed by atoms with Gasteiger partial charge in [0.2, 0.25) is 0 Å². The van der Waals surface area contributed by atoms with Crippen molar-refractivity contribution in [1.82, 2.24) is 0 Å². The Labute approximate surface area is 62.3 Å². The monoisotopic (exact) mass is 132 g/mol. The van der Waals surface area contributed by atoms with Gasteiger partial charge in [-0.05, 0) is 31.9 Å². The van der Waals surface area contributed by atoms with E-state index in [4.69, 9.17) is 0 Å². The van der Waals surface area contributed by atoms with Crippen molar-refractivity contribution in [3.63, 3.8) is 0 Å². The Morgan fingerprint density at radius 2 is 2.20 bits per heavy atom. The lowest BCUT2D eigenvalue weighted by Crippen LogP contribution is -1.74. The molecule has 10 heavy (non-hydrogen) atoms. The minimum atomic E-state index is 1.06. The fourth-order valence-corrected chi connectivity index (χ4v) is 0.853. The van der Waals surface area contributed by atoms with Crippen LogP contribution in [0.3, 0.4) is 0 Å². The van der Waals surface area contributed by atoms with Crippen molar-refractivity contribution >= 4 is 0 Å². The van der Waals surface area contributed by atoms with Crippen LogP contribution in [0.5, 0.6) is 0 Å². The van der Waals surface area contributed by atoms with Gasteiger partial charge in [0.05, 0.1) is 0 Å². The molecule has 0 fully saturated rings. The number of hydrogen-bond donors (Lipinski definition) is 0. The van der Waals surface area contributed by atoms with Crippen molar-refractivity contribution in [2.45, 2.75) is 20.3 Å². The van der Waals surface area contributed by atoms with Crippen LogP contribution in [0.4, 0.5) is 0 Å². The quantitative estimate of drug-likeness (QED) is 0.444. The van der Waals surface area contributed by atoms with Gasteiger partial charge in [-0.1, -0.05) is 23.8 Å². The summed E-state index contributed by atoms with van der Waals surface area (Å²) in [6.07, 6.45) is 9.42. The van der Waals surface area contributed by atoms with Gasteiger partial charge in [-0.15, -0.1) is 5.73 Å². The average Bonchev–Trinajstić information content (AvgIpc) is 1.84. The molecule has 0 aliphatic heterocycles. The average molecular weight is 132 g/mol. The fourth-order valence-electron chi connectivity index (χ4n) is 0.853. The normalized spacial score (nSPS) is 25.8. The Bertz CT molecular complexity index is 233. The summed E-state index contributed by atoms with van der Waals surface area (Å²) >= 11 is 0. The first-order valence-electron chi connectivity index (χ1n) is 3.54. The second-order valence-corrected chi connectivity index (χ2v) is 2.61. The van der Waals surface area contributed by atoms with Crippen LogP contribution >= 0.6 is 0 Å². The molecule has 1 aliphatic rings. The summed E-state index contributed by atoms with van der Waals surface area (Å²) in [6.45, 7) is 4.19. The van der Waals surface area contributed by atoms with E-state index in [1.54, 1.807) is 0 Å². The van der Waals surface area contributed by atoms with Crippen LogP contribution in [0.1, 0.15) is 20.3 Å². The van der Waals surface area contributed by atoms with Crippen molar-refractivity contribution in [1.29, 1.82) is 0 Å². The zero-order chi connectivity index (χ0) is 7.40. The molecule has 0 saturated heterocycles. The maximum absolute atomic E-state index is 3.14. The lowest BCUT2D eigenvalue weighted by Gasteiger charge is -1.94. The van der Waals surface area contributed by atoms with Crippen molar-refractivity contribution in [2.24, 2.45) is 0 Å². The molecule has 0 aromatic heterocycles. The summed E-state index contributed by atoms with van der Waals surface area (Å²) in [5.74, 6) is 0. The molecule has 0 atom stereocenters. The number of allylic oxidation sites excluding steroid dienone is 5. The summed E-state index contributed by atoms with van der Waals surface area (Å²) in [7, 11) is 0. The van der Waals surface area contributed by atoms with E-state index in [9.17, 15) is 0 Å². The third-order valence-corrected chi connectivity index (χ3v) is 1.49. The Balaban J connectivity index is 2.92. The summed E-state index contributed by atoms with van der Waals surface area (Å²) in [6, 6.07) is 0. The molecule has 1 rings (SSSR count). The van der Waals surface area contributed by atoms with E-state index in [0.717, 1.165) is 6.42 Å². The van der Waals surface area contributed by atoms with E-state index in [0.29, 0.717) is 0 Å². The first kappa shape index (κ1) is 7.11. The van der Waals surface area contributed by atoms with Crippen LogP contribution in [-0.4, -0.2) is 0 Å². The largest absolute Gasteiger partial charge is 0.118 e. The summed E-state index contributed by atoms with van der Waals surface area (Å²) < 4.78 is 0. The number of rotatable bonds is 0. The maximum Gasteiger partial charge on any atom is -0.00945 e. The molecule has 0 aromatic rings. The molecule has 0 spiro atoms. The van der Waals surface area contributed by atoms with E-state index >= 15 is 0 Å². The first-order chi connectivity index (χ1) is 4.79. The van der Waals surface area contributed by atoms with Crippen LogP contribution in [0.25, 0.3) is 0 Å². The van der Waals surface area contributed by atoms with E-state index in [1.165, 1.54) is 11.1 Å². The van der Waals surface area contributed by atoms with Gasteiger partial charge in [-0.3, -0.25) is 0 Å². The molecule has 1 aliphatic carbocycles. The molecule has 52 valence electrons. The third-order valence-electron chi connectivity index (χ3n) is 1.49. The van der Waals surface area contributed by atoms with Crippen molar-refractivity contribution < 1.29 is 0 Å². The topological polar surface area (TPSA) is 0 Å². The third kappa shape index (κ3) is 2.08. The Hall–Kier alpha value is -1.00. The van der Waals surface area contributed by atoms with Gasteiger partial charge in [0.1, 0.15) is 0 Å². The van der Waals surface area contributed by atoms with Crippen molar-refractivity contribution in [3.8, 4) is 0 Å². The first-order valence-corrected chi connectivity index (χ1v) is 3.54. The van der Waals surface area contributed by atoms with Gasteiger partial charge in [0.15, 0.2) is 0 Å². The van der Waals surface area contributed by atoms with Gasteiger partial charge >= 0.3 is 0 Å². The second-order valence-electron chi connectivity index (χ2n) is 2.61. The smallest absolute Gasteiger partial charge is 0.00945 e. The number of hydrogen-bond acceptors (Lipinski definition) is 0. The van der Waals surface area contributed by atoms with Crippen molar-refractivity contribution in [2.75, 3.05) is 0 Å². The van der Waals surface area contributed by atoms with Crippen LogP contribution in [-0.2, 0) is 0 Å². The highest BCUT2D eigenvalue weighted by Crippen LogP contribution is 2.05. The molecule has 0 amide bonds. The fraction of sp³-hybridized carbons (Fsp3) is 0.300. The Kier molecular flexibility index (Phi) is 2.30. The highest BCUT2D eigenvalue weighted by atomic mass is 13.9. The molecule has 0 unspecified atom stereocenters. The molecular weight excluding hydrogens is 120 g/mol. The lowest BCUT2D eigenvalue weighted by molar-refractivity contribution is 1.20. The highest BCUT2D eigenvalue weighted by molar-refractivity contribution is 5.24. The van der Waals surface area contributed by atoms with Crippen LogP contribution in [0.15, 0.2) is 41.2 Å². The summed E-state index contributed by atoms with van der Waals surface area (Å²) in [4.78, 5) is 0. The molecule has 0 nitrogen and oxygen atoms in total. The zero-order valence-electron chi connectivity index (χ0n) is 6.52. The second kappa shape index (κ2) is 3.24.